The number of hydrogen-bond donors (Lipinski definition) is 2. The molecule has 4 nitrogen and oxygen atoms in total. The fraction of sp³-hybridized carbons (Fsp3) is 0.111. The second kappa shape index (κ2) is 6.87. The van der Waals surface area contributed by atoms with Gasteiger partial charge < -0.3 is 10.6 Å². The Bertz CT molecular complexity index is 773. The Hall–Kier alpha value is -2.95. The van der Waals surface area contributed by atoms with Crippen LogP contribution in [-0.4, -0.2) is 17.0 Å². The highest BCUT2D eigenvalue weighted by molar-refractivity contribution is 5.64. The fourth-order valence-electron chi connectivity index (χ4n) is 2.20. The SMILES string of the molecule is CNc1nc(NCc2ccc(F)cc2)cc(-c2ccccc2)n1. The van der Waals surface area contributed by atoms with Gasteiger partial charge in [0.1, 0.15) is 11.6 Å². The lowest BCUT2D eigenvalue weighted by Crippen LogP contribution is -2.05. The Labute approximate surface area is 134 Å². The van der Waals surface area contributed by atoms with E-state index in [1.165, 1.54) is 12.1 Å². The standard InChI is InChI=1S/C18H17FN4/c1-20-18-22-16(14-5-3-2-4-6-14)11-17(23-18)21-12-13-7-9-15(19)10-8-13/h2-11H,12H2,1H3,(H2,20,21,22,23). The van der Waals surface area contributed by atoms with Crippen LogP contribution in [0.1, 0.15) is 5.56 Å². The molecule has 3 rings (SSSR count). The largest absolute Gasteiger partial charge is 0.366 e. The van der Waals surface area contributed by atoms with Crippen LogP contribution in [0.4, 0.5) is 16.2 Å². The molecule has 0 fully saturated rings. The molecule has 0 saturated carbocycles. The minimum absolute atomic E-state index is 0.236. The van der Waals surface area contributed by atoms with Crippen LogP contribution in [0, 0.1) is 5.82 Å². The second-order valence-electron chi connectivity index (χ2n) is 5.06. The third kappa shape index (κ3) is 3.83. The Morgan fingerprint density at radius 2 is 1.70 bits per heavy atom. The molecule has 116 valence electrons. The summed E-state index contributed by atoms with van der Waals surface area (Å²) in [6.07, 6.45) is 0. The molecule has 0 bridgehead atoms. The van der Waals surface area contributed by atoms with Crippen LogP contribution >= 0.6 is 0 Å². The van der Waals surface area contributed by atoms with E-state index in [-0.39, 0.29) is 5.82 Å². The molecule has 1 aromatic heterocycles. The van der Waals surface area contributed by atoms with Gasteiger partial charge in [-0.05, 0) is 17.7 Å². The molecule has 0 saturated heterocycles. The van der Waals surface area contributed by atoms with Gasteiger partial charge in [0, 0.05) is 25.2 Å². The molecule has 0 atom stereocenters. The first-order chi connectivity index (χ1) is 11.2. The van der Waals surface area contributed by atoms with Gasteiger partial charge in [-0.15, -0.1) is 0 Å². The van der Waals surface area contributed by atoms with Crippen molar-refractivity contribution in [1.29, 1.82) is 0 Å². The van der Waals surface area contributed by atoms with E-state index in [0.29, 0.717) is 18.3 Å². The Morgan fingerprint density at radius 1 is 0.957 bits per heavy atom. The van der Waals surface area contributed by atoms with Crippen molar-refractivity contribution in [3.05, 3.63) is 72.0 Å². The van der Waals surface area contributed by atoms with Gasteiger partial charge in [-0.2, -0.15) is 4.98 Å². The number of hydrogen-bond acceptors (Lipinski definition) is 4. The summed E-state index contributed by atoms with van der Waals surface area (Å²) in [6, 6.07) is 18.2. The monoisotopic (exact) mass is 308 g/mol. The molecule has 5 heteroatoms. The minimum Gasteiger partial charge on any atom is -0.366 e. The van der Waals surface area contributed by atoms with Gasteiger partial charge in [0.15, 0.2) is 0 Å². The minimum atomic E-state index is -0.236. The van der Waals surface area contributed by atoms with Crippen LogP contribution in [0.15, 0.2) is 60.7 Å². The first-order valence-corrected chi connectivity index (χ1v) is 7.35. The van der Waals surface area contributed by atoms with Crippen molar-refractivity contribution >= 4 is 11.8 Å². The summed E-state index contributed by atoms with van der Waals surface area (Å²) < 4.78 is 12.9. The molecule has 0 aliphatic carbocycles. The molecule has 3 aromatic rings. The lowest BCUT2D eigenvalue weighted by atomic mass is 10.1. The highest BCUT2D eigenvalue weighted by Crippen LogP contribution is 2.21. The second-order valence-corrected chi connectivity index (χ2v) is 5.06. The highest BCUT2D eigenvalue weighted by atomic mass is 19.1. The van der Waals surface area contributed by atoms with Crippen molar-refractivity contribution in [3.8, 4) is 11.3 Å². The molecule has 0 radical (unpaired) electrons. The van der Waals surface area contributed by atoms with Gasteiger partial charge in [-0.1, -0.05) is 42.5 Å². The lowest BCUT2D eigenvalue weighted by Gasteiger charge is -2.10. The maximum Gasteiger partial charge on any atom is 0.224 e. The van der Waals surface area contributed by atoms with Crippen LogP contribution in [0.2, 0.25) is 0 Å². The first kappa shape index (κ1) is 15.0. The van der Waals surface area contributed by atoms with Gasteiger partial charge in [0.25, 0.3) is 0 Å². The van der Waals surface area contributed by atoms with Crippen molar-refractivity contribution in [2.24, 2.45) is 0 Å². The average molecular weight is 308 g/mol. The van der Waals surface area contributed by atoms with Crippen molar-refractivity contribution in [3.63, 3.8) is 0 Å². The molecule has 2 aromatic carbocycles. The number of nitrogens with zero attached hydrogens (tertiary/aromatic N) is 2. The van der Waals surface area contributed by atoms with Crippen molar-refractivity contribution in [2.45, 2.75) is 6.54 Å². The number of benzene rings is 2. The van der Waals surface area contributed by atoms with E-state index in [1.54, 1.807) is 19.2 Å². The van der Waals surface area contributed by atoms with Crippen molar-refractivity contribution < 1.29 is 4.39 Å². The topological polar surface area (TPSA) is 49.8 Å². The number of halogens is 1. The number of rotatable bonds is 5. The first-order valence-electron chi connectivity index (χ1n) is 7.35. The van der Waals surface area contributed by atoms with Gasteiger partial charge in [-0.25, -0.2) is 9.37 Å². The van der Waals surface area contributed by atoms with E-state index in [0.717, 1.165) is 16.8 Å². The van der Waals surface area contributed by atoms with Gasteiger partial charge in [0.2, 0.25) is 5.95 Å². The van der Waals surface area contributed by atoms with Gasteiger partial charge >= 0.3 is 0 Å². The number of aromatic nitrogens is 2. The van der Waals surface area contributed by atoms with E-state index in [9.17, 15) is 4.39 Å². The number of nitrogens with one attached hydrogen (secondary N) is 2. The van der Waals surface area contributed by atoms with Crippen LogP contribution < -0.4 is 10.6 Å². The predicted molar refractivity (Wildman–Crippen MR) is 90.7 cm³/mol. The molecular weight excluding hydrogens is 291 g/mol. The molecule has 0 amide bonds. The average Bonchev–Trinajstić information content (AvgIpc) is 2.61. The Kier molecular flexibility index (Phi) is 4.47. The maximum atomic E-state index is 12.9. The summed E-state index contributed by atoms with van der Waals surface area (Å²) >= 11 is 0. The molecule has 0 spiro atoms. The van der Waals surface area contributed by atoms with E-state index < -0.39 is 0 Å². The Morgan fingerprint density at radius 3 is 2.39 bits per heavy atom. The molecule has 0 unspecified atom stereocenters. The molecule has 2 N–H and O–H groups in total. The molecule has 1 heterocycles. The predicted octanol–water partition coefficient (Wildman–Crippen LogP) is 3.94. The van der Waals surface area contributed by atoms with Crippen molar-refractivity contribution in [1.82, 2.24) is 9.97 Å². The highest BCUT2D eigenvalue weighted by Gasteiger charge is 2.06. The zero-order chi connectivity index (χ0) is 16.1. The molecular formula is C18H17FN4. The molecule has 0 aliphatic rings. The summed E-state index contributed by atoms with van der Waals surface area (Å²) in [6.45, 7) is 0.564. The summed E-state index contributed by atoms with van der Waals surface area (Å²) in [5.74, 6) is 1.03. The Balaban J connectivity index is 1.82. The summed E-state index contributed by atoms with van der Waals surface area (Å²) in [7, 11) is 1.79. The smallest absolute Gasteiger partial charge is 0.224 e. The zero-order valence-corrected chi connectivity index (χ0v) is 12.8. The summed E-state index contributed by atoms with van der Waals surface area (Å²) in [5, 5.41) is 6.22. The van der Waals surface area contributed by atoms with Crippen molar-refractivity contribution in [2.75, 3.05) is 17.7 Å². The lowest BCUT2D eigenvalue weighted by molar-refractivity contribution is 0.627. The zero-order valence-electron chi connectivity index (χ0n) is 12.8. The van der Waals surface area contributed by atoms with E-state index in [1.807, 2.05) is 36.4 Å². The molecule has 23 heavy (non-hydrogen) atoms. The third-order valence-electron chi connectivity index (χ3n) is 3.41. The fourth-order valence-corrected chi connectivity index (χ4v) is 2.20. The summed E-state index contributed by atoms with van der Waals surface area (Å²) in [4.78, 5) is 8.88. The van der Waals surface area contributed by atoms with E-state index in [4.69, 9.17) is 0 Å². The number of anilines is 2. The normalized spacial score (nSPS) is 10.3. The van der Waals surface area contributed by atoms with Gasteiger partial charge in [-0.3, -0.25) is 0 Å². The van der Waals surface area contributed by atoms with Crippen LogP contribution in [0.5, 0.6) is 0 Å². The summed E-state index contributed by atoms with van der Waals surface area (Å²) in [5.41, 5.74) is 2.85. The van der Waals surface area contributed by atoms with E-state index >= 15 is 0 Å². The quantitative estimate of drug-likeness (QED) is 0.749. The van der Waals surface area contributed by atoms with Crippen LogP contribution in [-0.2, 0) is 6.54 Å². The van der Waals surface area contributed by atoms with Crippen LogP contribution in [0.3, 0.4) is 0 Å². The van der Waals surface area contributed by atoms with Gasteiger partial charge in [0.05, 0.1) is 5.69 Å². The van der Waals surface area contributed by atoms with E-state index in [2.05, 4.69) is 20.6 Å². The van der Waals surface area contributed by atoms with Crippen LogP contribution in [0.25, 0.3) is 11.3 Å². The third-order valence-corrected chi connectivity index (χ3v) is 3.41. The molecule has 0 aliphatic heterocycles. The maximum absolute atomic E-state index is 12.9.